The maximum absolute atomic E-state index is 13.7. The van der Waals surface area contributed by atoms with Crippen LogP contribution < -0.4 is 4.43 Å². The molecule has 0 saturated carbocycles. The lowest BCUT2D eigenvalue weighted by atomic mass is 10.0. The number of aliphatic imine (C=N–C) groups is 2. The first kappa shape index (κ1) is 28.5. The maximum Gasteiger partial charge on any atom is 0.282 e. The van der Waals surface area contributed by atoms with Crippen LogP contribution in [0.15, 0.2) is 101 Å². The summed E-state index contributed by atoms with van der Waals surface area (Å²) in [7, 11) is -0.356. The van der Waals surface area contributed by atoms with Crippen molar-refractivity contribution in [1.29, 1.82) is 0 Å². The van der Waals surface area contributed by atoms with Gasteiger partial charge in [-0.15, -0.1) is 0 Å². The summed E-state index contributed by atoms with van der Waals surface area (Å²) in [4.78, 5) is 25.2. The van der Waals surface area contributed by atoms with Crippen LogP contribution in [0.25, 0.3) is 11.8 Å². The highest BCUT2D eigenvalue weighted by atomic mass is 28.4. The summed E-state index contributed by atoms with van der Waals surface area (Å²) >= 11 is 0. The highest BCUT2D eigenvalue weighted by molar-refractivity contribution is 6.74. The highest BCUT2D eigenvalue weighted by Crippen LogP contribution is 2.38. The Labute approximate surface area is 243 Å². The van der Waals surface area contributed by atoms with Gasteiger partial charge in [0.15, 0.2) is 5.84 Å². The lowest BCUT2D eigenvalue weighted by molar-refractivity contribution is -0.120. The van der Waals surface area contributed by atoms with Crippen molar-refractivity contribution in [2.24, 2.45) is 9.98 Å². The first-order valence-corrected chi connectivity index (χ1v) is 16.8. The summed E-state index contributed by atoms with van der Waals surface area (Å²) in [5.74, 6) is 1.21. The van der Waals surface area contributed by atoms with Gasteiger partial charge in [0.1, 0.15) is 11.4 Å². The number of ether oxygens (including phenoxy) is 1. The average molecular weight is 564 g/mol. The predicted octanol–water partition coefficient (Wildman–Crippen LogP) is 7.49. The number of nitrogens with zero attached hydrogens (tertiary/aromatic N) is 3. The number of benzene rings is 3. The monoisotopic (exact) mass is 563 g/mol. The molecule has 41 heavy (non-hydrogen) atoms. The van der Waals surface area contributed by atoms with Crippen molar-refractivity contribution in [2.45, 2.75) is 51.9 Å². The molecule has 2 heterocycles. The number of amides is 1. The van der Waals surface area contributed by atoms with Crippen molar-refractivity contribution in [1.82, 2.24) is 4.90 Å². The Hall–Kier alpha value is -4.07. The normalized spacial score (nSPS) is 16.3. The molecule has 0 fully saturated rings. The molecule has 1 amide bonds. The number of hydrogen-bond acceptors (Lipinski definition) is 5. The van der Waals surface area contributed by atoms with Crippen LogP contribution in [0.1, 0.15) is 43.0 Å². The standard InChI is InChI=1S/C34H37N3O3Si/c1-34(2,3)41(5,6)40-28-17-11-16-27(21-28)31-22-37-32(29(35-31)19-24-12-8-7-9-13-24)36-30(33(37)38)20-25-14-10-15-26(18-25)23-39-4/h7-18,20-22H,19,23H2,1-6H3. The molecular formula is C34H37N3O3Si. The summed E-state index contributed by atoms with van der Waals surface area (Å²) in [6.07, 6.45) is 4.18. The first-order valence-electron chi connectivity index (χ1n) is 13.9. The summed E-state index contributed by atoms with van der Waals surface area (Å²) in [5.41, 5.74) is 5.74. The minimum Gasteiger partial charge on any atom is -0.543 e. The van der Waals surface area contributed by atoms with Gasteiger partial charge in [-0.1, -0.05) is 81.4 Å². The van der Waals surface area contributed by atoms with Gasteiger partial charge in [0, 0.05) is 25.3 Å². The van der Waals surface area contributed by atoms with E-state index in [-0.39, 0.29) is 10.9 Å². The lowest BCUT2D eigenvalue weighted by Crippen LogP contribution is -2.43. The van der Waals surface area contributed by atoms with E-state index >= 15 is 0 Å². The molecule has 0 radical (unpaired) electrons. The Bertz CT molecular complexity index is 1580. The highest BCUT2D eigenvalue weighted by Gasteiger charge is 2.39. The van der Waals surface area contributed by atoms with Crippen LogP contribution >= 0.6 is 0 Å². The Morgan fingerprint density at radius 1 is 0.902 bits per heavy atom. The van der Waals surface area contributed by atoms with E-state index in [9.17, 15) is 4.79 Å². The predicted molar refractivity (Wildman–Crippen MR) is 169 cm³/mol. The zero-order valence-electron chi connectivity index (χ0n) is 24.6. The van der Waals surface area contributed by atoms with Crippen LogP contribution in [0.4, 0.5) is 0 Å². The van der Waals surface area contributed by atoms with Crippen molar-refractivity contribution in [2.75, 3.05) is 7.11 Å². The number of carbonyl (C=O) groups excluding carboxylic acids is 1. The van der Waals surface area contributed by atoms with Gasteiger partial charge < -0.3 is 9.16 Å². The smallest absolute Gasteiger partial charge is 0.282 e. The van der Waals surface area contributed by atoms with Crippen LogP contribution in [0, 0.1) is 0 Å². The Morgan fingerprint density at radius 3 is 2.37 bits per heavy atom. The molecule has 0 atom stereocenters. The van der Waals surface area contributed by atoms with E-state index in [0.717, 1.165) is 33.7 Å². The summed E-state index contributed by atoms with van der Waals surface area (Å²) in [6, 6.07) is 26.1. The van der Waals surface area contributed by atoms with E-state index in [0.29, 0.717) is 30.3 Å². The molecule has 0 unspecified atom stereocenters. The van der Waals surface area contributed by atoms with Crippen LogP contribution in [-0.4, -0.2) is 37.8 Å². The minimum atomic E-state index is -2.03. The third-order valence-electron chi connectivity index (χ3n) is 7.75. The fraction of sp³-hybridized carbons (Fsp3) is 0.265. The largest absolute Gasteiger partial charge is 0.543 e. The molecule has 0 aliphatic carbocycles. The minimum absolute atomic E-state index is 0.0767. The molecule has 0 saturated heterocycles. The Balaban J connectivity index is 1.52. The zero-order chi connectivity index (χ0) is 29.2. The molecule has 0 spiro atoms. The molecule has 0 aromatic heterocycles. The molecule has 0 bridgehead atoms. The maximum atomic E-state index is 13.7. The Morgan fingerprint density at radius 2 is 1.63 bits per heavy atom. The van der Waals surface area contributed by atoms with Gasteiger partial charge in [-0.3, -0.25) is 9.69 Å². The van der Waals surface area contributed by atoms with E-state index < -0.39 is 8.32 Å². The van der Waals surface area contributed by atoms with E-state index in [1.165, 1.54) is 0 Å². The number of carbonyl (C=O) groups is 1. The second-order valence-electron chi connectivity index (χ2n) is 11.9. The molecule has 2 aliphatic heterocycles. The molecule has 3 aromatic carbocycles. The molecule has 2 aliphatic rings. The van der Waals surface area contributed by atoms with Crippen molar-refractivity contribution >= 4 is 37.5 Å². The van der Waals surface area contributed by atoms with Crippen LogP contribution in [-0.2, 0) is 22.6 Å². The van der Waals surface area contributed by atoms with Gasteiger partial charge in [0.25, 0.3) is 5.91 Å². The molecule has 7 heteroatoms. The molecular weight excluding hydrogens is 526 g/mol. The number of hydrogen-bond donors (Lipinski definition) is 0. The quantitative estimate of drug-likeness (QED) is 0.211. The molecule has 5 rings (SSSR count). The van der Waals surface area contributed by atoms with Gasteiger partial charge in [-0.05, 0) is 59.1 Å². The first-order chi connectivity index (χ1) is 19.5. The van der Waals surface area contributed by atoms with Crippen molar-refractivity contribution in [3.8, 4) is 5.75 Å². The SMILES string of the molecule is COCc1cccc(C=C2N=C3C(Cc4ccccc4)=NC(c4cccc(O[Si](C)(C)C(C)(C)C)c4)=CN3C2=O)c1. The fourth-order valence-electron chi connectivity index (χ4n) is 4.51. The van der Waals surface area contributed by atoms with Crippen LogP contribution in [0.2, 0.25) is 18.1 Å². The van der Waals surface area contributed by atoms with E-state index in [1.54, 1.807) is 18.2 Å². The lowest BCUT2D eigenvalue weighted by Gasteiger charge is -2.36. The van der Waals surface area contributed by atoms with Crippen LogP contribution in [0.5, 0.6) is 5.75 Å². The number of amidine groups is 1. The van der Waals surface area contributed by atoms with Gasteiger partial charge in [0.05, 0.1) is 18.0 Å². The molecule has 210 valence electrons. The third kappa shape index (κ3) is 6.31. The number of fused-ring (bicyclic) bond motifs is 1. The fourth-order valence-corrected chi connectivity index (χ4v) is 5.53. The van der Waals surface area contributed by atoms with Gasteiger partial charge in [-0.2, -0.15) is 0 Å². The van der Waals surface area contributed by atoms with E-state index in [1.807, 2.05) is 72.8 Å². The van der Waals surface area contributed by atoms with Crippen molar-refractivity contribution < 1.29 is 14.0 Å². The van der Waals surface area contributed by atoms with Crippen molar-refractivity contribution in [3.63, 3.8) is 0 Å². The van der Waals surface area contributed by atoms with E-state index in [2.05, 4.69) is 46.0 Å². The third-order valence-corrected chi connectivity index (χ3v) is 12.1. The van der Waals surface area contributed by atoms with Crippen molar-refractivity contribution in [3.05, 3.63) is 113 Å². The topological polar surface area (TPSA) is 63.5 Å². The molecule has 6 nitrogen and oxygen atoms in total. The zero-order valence-corrected chi connectivity index (χ0v) is 25.6. The summed E-state index contributed by atoms with van der Waals surface area (Å²) in [6.45, 7) is 11.7. The summed E-state index contributed by atoms with van der Waals surface area (Å²) in [5, 5.41) is 0.0767. The van der Waals surface area contributed by atoms with Gasteiger partial charge >= 0.3 is 0 Å². The Kier molecular flexibility index (Phi) is 7.93. The number of methoxy groups -OCH3 is 1. The van der Waals surface area contributed by atoms with Crippen LogP contribution in [0.3, 0.4) is 0 Å². The average Bonchev–Trinajstić information content (AvgIpc) is 3.24. The molecule has 0 N–H and O–H groups in total. The second-order valence-corrected chi connectivity index (χ2v) is 16.7. The summed E-state index contributed by atoms with van der Waals surface area (Å²) < 4.78 is 11.9. The van der Waals surface area contributed by atoms with E-state index in [4.69, 9.17) is 19.1 Å². The number of rotatable bonds is 8. The van der Waals surface area contributed by atoms with Gasteiger partial charge in [-0.25, -0.2) is 9.98 Å². The second kappa shape index (κ2) is 11.4. The molecule has 3 aromatic rings. The van der Waals surface area contributed by atoms with Gasteiger partial charge in [0.2, 0.25) is 8.32 Å².